The van der Waals surface area contributed by atoms with Gasteiger partial charge in [-0.15, -0.1) is 0 Å². The number of rotatable bonds is 3. The van der Waals surface area contributed by atoms with Gasteiger partial charge in [0.2, 0.25) is 12.4 Å². The minimum absolute atomic E-state index is 0.363. The van der Waals surface area contributed by atoms with Gasteiger partial charge in [0, 0.05) is 31.9 Å². The molecule has 1 aromatic rings. The third kappa shape index (κ3) is 3.46. The van der Waals surface area contributed by atoms with Crippen molar-refractivity contribution >= 4 is 11.8 Å². The van der Waals surface area contributed by atoms with Crippen LogP contribution in [0.25, 0.3) is 0 Å². The normalized spacial score (nSPS) is 9.53. The average Bonchev–Trinajstić information content (AvgIpc) is 2.18. The second kappa shape index (κ2) is 5.19. The maximum Gasteiger partial charge on any atom is 0.461 e. The highest BCUT2D eigenvalue weighted by molar-refractivity contribution is 5.73. The van der Waals surface area contributed by atoms with Crippen LogP contribution in [-0.2, 0) is 4.74 Å². The van der Waals surface area contributed by atoms with Gasteiger partial charge in [-0.25, -0.2) is 4.79 Å². The maximum absolute atomic E-state index is 11.1. The van der Waals surface area contributed by atoms with Gasteiger partial charge in [0.25, 0.3) is 0 Å². The van der Waals surface area contributed by atoms with Crippen molar-refractivity contribution in [1.29, 1.82) is 0 Å². The van der Waals surface area contributed by atoms with E-state index in [9.17, 15) is 4.79 Å². The molecule has 0 aromatic carbocycles. The highest BCUT2D eigenvalue weighted by atomic mass is 16.5. The summed E-state index contributed by atoms with van der Waals surface area (Å²) < 4.78 is 6.29. The first-order chi connectivity index (χ1) is 7.13. The molecule has 0 spiro atoms. The lowest BCUT2D eigenvalue weighted by atomic mass is 10.4. The van der Waals surface area contributed by atoms with Crippen molar-refractivity contribution in [3.8, 4) is 0 Å². The molecule has 1 amide bonds. The van der Waals surface area contributed by atoms with E-state index in [2.05, 4.69) is 5.43 Å². The van der Waals surface area contributed by atoms with E-state index in [1.54, 1.807) is 24.0 Å². The van der Waals surface area contributed by atoms with Crippen LogP contribution >= 0.6 is 0 Å². The summed E-state index contributed by atoms with van der Waals surface area (Å²) >= 11 is 0. The minimum Gasteiger partial charge on any atom is -0.446 e. The second-order valence-electron chi connectivity index (χ2n) is 3.19. The Morgan fingerprint density at radius 1 is 1.47 bits per heavy atom. The Morgan fingerprint density at radius 2 is 2.07 bits per heavy atom. The fourth-order valence-corrected chi connectivity index (χ4v) is 1.06. The van der Waals surface area contributed by atoms with Gasteiger partial charge in [-0.05, 0) is 6.92 Å². The Labute approximate surface area is 89.2 Å². The molecule has 1 rings (SSSR count). The van der Waals surface area contributed by atoms with Crippen LogP contribution < -0.4 is 15.0 Å². The molecule has 5 nitrogen and oxygen atoms in total. The molecule has 0 radical (unpaired) electrons. The van der Waals surface area contributed by atoms with Crippen molar-refractivity contribution in [3.63, 3.8) is 0 Å². The Hall–Kier alpha value is -1.78. The van der Waals surface area contributed by atoms with Crippen LogP contribution in [0.1, 0.15) is 6.92 Å². The van der Waals surface area contributed by atoms with Gasteiger partial charge in [-0.1, -0.05) is 10.1 Å². The van der Waals surface area contributed by atoms with Gasteiger partial charge in [-0.2, -0.15) is 0 Å². The lowest BCUT2D eigenvalue weighted by molar-refractivity contribution is -0.642. The third-order valence-electron chi connectivity index (χ3n) is 1.82. The predicted molar refractivity (Wildman–Crippen MR) is 57.3 cm³/mol. The van der Waals surface area contributed by atoms with Crippen molar-refractivity contribution < 1.29 is 14.2 Å². The van der Waals surface area contributed by atoms with E-state index in [0.717, 1.165) is 5.69 Å². The van der Waals surface area contributed by atoms with Crippen LogP contribution in [0.2, 0.25) is 0 Å². The number of pyridine rings is 1. The molecule has 0 saturated carbocycles. The topological polar surface area (TPSA) is 45.5 Å². The fourth-order valence-electron chi connectivity index (χ4n) is 1.06. The van der Waals surface area contributed by atoms with Gasteiger partial charge >= 0.3 is 6.09 Å². The molecule has 82 valence electrons. The standard InChI is InChI=1S/C10H15N3O2/c1-4-15-10(14)11-13-7-5-9(6-8-13)12(2)3/h5-8H,4H2,1-3H3/p+1. The molecule has 0 aliphatic carbocycles. The Morgan fingerprint density at radius 3 is 2.53 bits per heavy atom. The predicted octanol–water partition coefficient (Wildman–Crippen LogP) is 0.740. The van der Waals surface area contributed by atoms with E-state index >= 15 is 0 Å². The fraction of sp³-hybridized carbons (Fsp3) is 0.400. The zero-order valence-electron chi connectivity index (χ0n) is 9.23. The summed E-state index contributed by atoms with van der Waals surface area (Å²) in [4.78, 5) is 13.0. The number of nitrogens with one attached hydrogen (secondary N) is 1. The molecule has 1 heterocycles. The number of ether oxygens (including phenoxy) is 1. The first-order valence-corrected chi connectivity index (χ1v) is 4.76. The zero-order chi connectivity index (χ0) is 11.3. The molecule has 0 aliphatic heterocycles. The van der Waals surface area contributed by atoms with Crippen LogP contribution in [0.3, 0.4) is 0 Å². The molecular formula is C10H16N3O2+. The van der Waals surface area contributed by atoms with E-state index in [4.69, 9.17) is 4.74 Å². The Balaban J connectivity index is 2.60. The summed E-state index contributed by atoms with van der Waals surface area (Å²) in [5.74, 6) is 0. The number of hydrogen-bond donors (Lipinski definition) is 1. The lowest BCUT2D eigenvalue weighted by Crippen LogP contribution is -2.47. The molecule has 0 bridgehead atoms. The number of carbonyl (C=O) groups is 1. The number of carbonyl (C=O) groups excluding carboxylic acids is 1. The second-order valence-corrected chi connectivity index (χ2v) is 3.19. The molecule has 0 saturated heterocycles. The monoisotopic (exact) mass is 210 g/mol. The summed E-state index contributed by atoms with van der Waals surface area (Å²) in [7, 11) is 3.91. The Kier molecular flexibility index (Phi) is 3.91. The molecule has 1 aromatic heterocycles. The van der Waals surface area contributed by atoms with Crippen LogP contribution in [0.15, 0.2) is 24.5 Å². The van der Waals surface area contributed by atoms with Crippen LogP contribution in [0.5, 0.6) is 0 Å². The molecule has 0 unspecified atom stereocenters. The van der Waals surface area contributed by atoms with E-state index in [0.29, 0.717) is 6.61 Å². The van der Waals surface area contributed by atoms with E-state index in [1.165, 1.54) is 0 Å². The summed E-state index contributed by atoms with van der Waals surface area (Å²) in [5.41, 5.74) is 3.61. The quantitative estimate of drug-likeness (QED) is 0.748. The first kappa shape index (κ1) is 11.3. The van der Waals surface area contributed by atoms with E-state index in [1.807, 2.05) is 31.1 Å². The lowest BCUT2D eigenvalue weighted by Gasteiger charge is -2.10. The van der Waals surface area contributed by atoms with Crippen LogP contribution in [-0.4, -0.2) is 26.8 Å². The summed E-state index contributed by atoms with van der Waals surface area (Å²) in [6.07, 6.45) is 3.05. The highest BCUT2D eigenvalue weighted by Gasteiger charge is 2.07. The number of amides is 1. The SMILES string of the molecule is CCOC(=O)N[n+]1ccc(N(C)C)cc1. The zero-order valence-corrected chi connectivity index (χ0v) is 9.23. The largest absolute Gasteiger partial charge is 0.461 e. The van der Waals surface area contributed by atoms with E-state index in [-0.39, 0.29) is 0 Å². The summed E-state index contributed by atoms with van der Waals surface area (Å²) in [6.45, 7) is 2.13. The molecule has 0 atom stereocenters. The Bertz CT molecular complexity index is 322. The van der Waals surface area contributed by atoms with Crippen molar-refractivity contribution in [2.24, 2.45) is 0 Å². The minimum atomic E-state index is -0.458. The van der Waals surface area contributed by atoms with Gasteiger partial charge < -0.3 is 9.64 Å². The van der Waals surface area contributed by atoms with Crippen molar-refractivity contribution in [2.45, 2.75) is 6.92 Å². The summed E-state index contributed by atoms with van der Waals surface area (Å²) in [5, 5.41) is 0. The van der Waals surface area contributed by atoms with Gasteiger partial charge in [0.1, 0.15) is 0 Å². The smallest absolute Gasteiger partial charge is 0.446 e. The first-order valence-electron chi connectivity index (χ1n) is 4.76. The van der Waals surface area contributed by atoms with E-state index < -0.39 is 6.09 Å². The molecule has 0 fully saturated rings. The van der Waals surface area contributed by atoms with Crippen molar-refractivity contribution in [1.82, 2.24) is 0 Å². The van der Waals surface area contributed by atoms with Crippen molar-refractivity contribution in [3.05, 3.63) is 24.5 Å². The number of anilines is 1. The molecule has 0 aliphatic rings. The number of nitrogens with zero attached hydrogens (tertiary/aromatic N) is 2. The van der Waals surface area contributed by atoms with Crippen LogP contribution in [0, 0.1) is 0 Å². The number of aromatic nitrogens is 1. The molecule has 15 heavy (non-hydrogen) atoms. The average molecular weight is 210 g/mol. The molecule has 5 heteroatoms. The van der Waals surface area contributed by atoms with Gasteiger partial charge in [-0.3, -0.25) is 0 Å². The highest BCUT2D eigenvalue weighted by Crippen LogP contribution is 2.05. The van der Waals surface area contributed by atoms with Gasteiger partial charge in [0.05, 0.1) is 6.61 Å². The van der Waals surface area contributed by atoms with Crippen molar-refractivity contribution in [2.75, 3.05) is 31.0 Å². The molecular weight excluding hydrogens is 194 g/mol. The molecule has 1 N–H and O–H groups in total. The number of hydrogen-bond acceptors (Lipinski definition) is 3. The third-order valence-corrected chi connectivity index (χ3v) is 1.82. The summed E-state index contributed by atoms with van der Waals surface area (Å²) in [6, 6.07) is 3.79. The maximum atomic E-state index is 11.1. The van der Waals surface area contributed by atoms with Crippen LogP contribution in [0.4, 0.5) is 10.5 Å². The van der Waals surface area contributed by atoms with Gasteiger partial charge in [0.15, 0.2) is 0 Å².